The second-order valence-corrected chi connectivity index (χ2v) is 2.29. The van der Waals surface area contributed by atoms with E-state index >= 15 is 0 Å². The maximum absolute atomic E-state index is 3.83. The molecular formula is C8H9NW2-2. The van der Waals surface area contributed by atoms with Gasteiger partial charge >= 0.3 is 0 Å². The van der Waals surface area contributed by atoms with Crippen molar-refractivity contribution in [2.45, 2.75) is 19.8 Å². The van der Waals surface area contributed by atoms with Gasteiger partial charge in [-0.3, -0.25) is 5.56 Å². The second kappa shape index (κ2) is 7.19. The summed E-state index contributed by atoms with van der Waals surface area (Å²) in [5.74, 6) is 0.509. The van der Waals surface area contributed by atoms with Gasteiger partial charge in [0.15, 0.2) is 0 Å². The van der Waals surface area contributed by atoms with Gasteiger partial charge in [-0.25, -0.2) is 0 Å². The van der Waals surface area contributed by atoms with E-state index in [9.17, 15) is 0 Å². The Morgan fingerprint density at radius 3 is 2.27 bits per heavy atom. The van der Waals surface area contributed by atoms with E-state index in [0.29, 0.717) is 5.92 Å². The van der Waals surface area contributed by atoms with E-state index in [2.05, 4.69) is 31.1 Å². The molecule has 0 unspecified atom stereocenters. The summed E-state index contributed by atoms with van der Waals surface area (Å²) in [6.07, 6.45) is 4.50. The van der Waals surface area contributed by atoms with Crippen molar-refractivity contribution in [2.24, 2.45) is 0 Å². The maximum atomic E-state index is 3.83. The van der Waals surface area contributed by atoms with Crippen molar-refractivity contribution in [3.8, 4) is 0 Å². The summed E-state index contributed by atoms with van der Waals surface area (Å²) in [5, 5.41) is 0. The summed E-state index contributed by atoms with van der Waals surface area (Å²) < 4.78 is 0. The van der Waals surface area contributed by atoms with Crippen molar-refractivity contribution < 1.29 is 42.1 Å². The zero-order chi connectivity index (χ0) is 6.69. The van der Waals surface area contributed by atoms with Gasteiger partial charge in [0.05, 0.1) is 0 Å². The molecule has 0 aliphatic carbocycles. The molecule has 60 valence electrons. The van der Waals surface area contributed by atoms with Gasteiger partial charge in [-0.05, 0) is 0 Å². The fourth-order valence-corrected chi connectivity index (χ4v) is 0.599. The van der Waals surface area contributed by atoms with Crippen LogP contribution < -0.4 is 0 Å². The Morgan fingerprint density at radius 2 is 2.00 bits per heavy atom. The minimum Gasteiger partial charge on any atom is -0.434 e. The van der Waals surface area contributed by atoms with Crippen LogP contribution in [0.2, 0.25) is 0 Å². The monoisotopic (exact) mass is 487 g/mol. The average molecular weight is 487 g/mol. The van der Waals surface area contributed by atoms with Crippen molar-refractivity contribution in [3.63, 3.8) is 0 Å². The van der Waals surface area contributed by atoms with E-state index in [1.807, 2.05) is 6.07 Å². The molecule has 1 aromatic rings. The Morgan fingerprint density at radius 1 is 1.36 bits per heavy atom. The van der Waals surface area contributed by atoms with Gasteiger partial charge in [-0.15, -0.1) is 5.92 Å². The largest absolute Gasteiger partial charge is 0.434 e. The third-order valence-electron chi connectivity index (χ3n) is 1.19. The van der Waals surface area contributed by atoms with Crippen LogP contribution in [0.15, 0.2) is 12.3 Å². The molecule has 0 saturated heterocycles. The quantitative estimate of drug-likeness (QED) is 0.552. The minimum absolute atomic E-state index is 0. The van der Waals surface area contributed by atoms with Crippen LogP contribution in [0, 0.1) is 12.3 Å². The first kappa shape index (κ1) is 14.1. The molecule has 0 amide bonds. The number of pyridine rings is 1. The van der Waals surface area contributed by atoms with Crippen LogP contribution in [0.5, 0.6) is 0 Å². The van der Waals surface area contributed by atoms with Gasteiger partial charge in [0, 0.05) is 42.1 Å². The third-order valence-corrected chi connectivity index (χ3v) is 1.19. The SMILES string of the molecule is CC(C)c1[c-]nc[c-]c1.[W].[W]. The molecule has 11 heavy (non-hydrogen) atoms. The number of aromatic nitrogens is 1. The fourth-order valence-electron chi connectivity index (χ4n) is 0.599. The number of nitrogens with zero attached hydrogens (tertiary/aromatic N) is 1. The summed E-state index contributed by atoms with van der Waals surface area (Å²) in [6, 6.07) is 4.81. The van der Waals surface area contributed by atoms with Crippen molar-refractivity contribution in [1.82, 2.24) is 4.98 Å². The molecule has 0 spiro atoms. The van der Waals surface area contributed by atoms with E-state index < -0.39 is 0 Å². The number of rotatable bonds is 1. The van der Waals surface area contributed by atoms with Gasteiger partial charge in [0.2, 0.25) is 0 Å². The first-order valence-electron chi connectivity index (χ1n) is 3.04. The molecule has 0 N–H and O–H groups in total. The Bertz CT molecular complexity index is 175. The molecule has 0 saturated carbocycles. The van der Waals surface area contributed by atoms with Gasteiger partial charge in [0.25, 0.3) is 0 Å². The van der Waals surface area contributed by atoms with E-state index in [1.54, 1.807) is 6.20 Å². The van der Waals surface area contributed by atoms with Crippen molar-refractivity contribution in [2.75, 3.05) is 0 Å². The van der Waals surface area contributed by atoms with E-state index in [4.69, 9.17) is 0 Å². The van der Waals surface area contributed by atoms with Crippen LogP contribution in [0.3, 0.4) is 0 Å². The van der Waals surface area contributed by atoms with Crippen LogP contribution in [0.4, 0.5) is 0 Å². The molecule has 1 nitrogen and oxygen atoms in total. The van der Waals surface area contributed by atoms with Crippen molar-refractivity contribution in [1.29, 1.82) is 0 Å². The number of hydrogen-bond acceptors (Lipinski definition) is 1. The Balaban J connectivity index is 0. The molecule has 0 bridgehead atoms. The van der Waals surface area contributed by atoms with Crippen molar-refractivity contribution >= 4 is 0 Å². The molecule has 0 aliphatic rings. The van der Waals surface area contributed by atoms with Gasteiger partial charge in [-0.2, -0.15) is 12.4 Å². The molecular weight excluding hydrogens is 478 g/mol. The van der Waals surface area contributed by atoms with Crippen LogP contribution in [0.1, 0.15) is 25.3 Å². The van der Waals surface area contributed by atoms with Gasteiger partial charge in [0.1, 0.15) is 0 Å². The zero-order valence-electron chi connectivity index (χ0n) is 6.50. The molecule has 3 heteroatoms. The molecule has 0 aliphatic heterocycles. The van der Waals surface area contributed by atoms with Gasteiger partial charge < -0.3 is 17.1 Å². The Kier molecular flexibility index (Phi) is 9.20. The molecule has 0 radical (unpaired) electrons. The van der Waals surface area contributed by atoms with Crippen LogP contribution in [-0.4, -0.2) is 4.98 Å². The summed E-state index contributed by atoms with van der Waals surface area (Å²) in [5.41, 5.74) is 1.12. The molecule has 1 rings (SSSR count). The summed E-state index contributed by atoms with van der Waals surface area (Å²) in [6.45, 7) is 4.22. The molecule has 0 aromatic carbocycles. The first-order valence-corrected chi connectivity index (χ1v) is 3.04. The minimum atomic E-state index is 0. The second-order valence-electron chi connectivity index (χ2n) is 2.29. The molecule has 1 heterocycles. The zero-order valence-corrected chi connectivity index (χ0v) is 12.4. The number of hydrogen-bond donors (Lipinski definition) is 0. The average Bonchev–Trinajstić information content (AvgIpc) is 1.90. The van der Waals surface area contributed by atoms with E-state index in [1.165, 1.54) is 0 Å². The fraction of sp³-hybridized carbons (Fsp3) is 0.375. The third kappa shape index (κ3) is 4.88. The Hall–Kier alpha value is 0.527. The topological polar surface area (TPSA) is 12.9 Å². The first-order chi connectivity index (χ1) is 4.30. The van der Waals surface area contributed by atoms with Crippen LogP contribution in [0.25, 0.3) is 0 Å². The van der Waals surface area contributed by atoms with Crippen LogP contribution in [-0.2, 0) is 42.1 Å². The van der Waals surface area contributed by atoms with Crippen molar-refractivity contribution in [3.05, 3.63) is 30.1 Å². The Labute approximate surface area is 96.5 Å². The smallest absolute Gasteiger partial charge is 0 e. The van der Waals surface area contributed by atoms with Crippen LogP contribution >= 0.6 is 0 Å². The normalized spacial score (nSPS) is 8.27. The molecule has 0 fully saturated rings. The molecule has 1 aromatic heterocycles. The maximum Gasteiger partial charge on any atom is 0 e. The standard InChI is InChI=1S/C8H9N.2W/c1-7(2)8-4-3-5-9-6-8;;/h4-5,7H,1-2H3;;/q-2;;. The summed E-state index contributed by atoms with van der Waals surface area (Å²) in [4.78, 5) is 3.83. The van der Waals surface area contributed by atoms with Gasteiger partial charge in [-0.1, -0.05) is 13.8 Å². The summed E-state index contributed by atoms with van der Waals surface area (Å²) >= 11 is 0. The predicted molar refractivity (Wildman–Crippen MR) is 36.0 cm³/mol. The van der Waals surface area contributed by atoms with E-state index in [0.717, 1.165) is 5.56 Å². The summed E-state index contributed by atoms with van der Waals surface area (Å²) in [7, 11) is 0. The molecule has 0 atom stereocenters. The predicted octanol–water partition coefficient (Wildman–Crippen LogP) is 1.80. The van der Waals surface area contributed by atoms with E-state index in [-0.39, 0.29) is 42.1 Å².